The van der Waals surface area contributed by atoms with Crippen molar-refractivity contribution in [2.24, 2.45) is 0 Å². The summed E-state index contributed by atoms with van der Waals surface area (Å²) in [6.07, 6.45) is -0.443. The van der Waals surface area contributed by atoms with Gasteiger partial charge in [0.25, 0.3) is 0 Å². The topological polar surface area (TPSA) is 54.8 Å². The van der Waals surface area contributed by atoms with Gasteiger partial charge in [0.2, 0.25) is 0 Å². The molecule has 0 spiro atoms. The first-order valence-electron chi connectivity index (χ1n) is 9.63. The normalized spacial score (nSPS) is 12.1. The number of hydrogen-bond donors (Lipinski definition) is 1. The zero-order valence-electron chi connectivity index (χ0n) is 16.5. The van der Waals surface area contributed by atoms with Gasteiger partial charge in [-0.3, -0.25) is 0 Å². The van der Waals surface area contributed by atoms with E-state index in [1.165, 1.54) is 14.9 Å². The van der Waals surface area contributed by atoms with Crippen molar-refractivity contribution in [2.75, 3.05) is 31.2 Å². The smallest absolute Gasteiger partial charge is 0.146 e. The number of rotatable bonds is 10. The van der Waals surface area contributed by atoms with Gasteiger partial charge >= 0.3 is 0 Å². The SMILES string of the molecule is CCN(CC)c1ccc(-c2ccc3cccc(OC(CO)COSI)c3n2)cc1. The maximum absolute atomic E-state index is 9.59. The van der Waals surface area contributed by atoms with E-state index in [1.807, 2.05) is 51.5 Å². The lowest BCUT2D eigenvalue weighted by Crippen LogP contribution is -2.26. The minimum Gasteiger partial charge on any atom is -0.483 e. The Morgan fingerprint density at radius 3 is 2.48 bits per heavy atom. The number of anilines is 1. The van der Waals surface area contributed by atoms with E-state index in [0.29, 0.717) is 12.4 Å². The molecule has 0 aliphatic carbocycles. The van der Waals surface area contributed by atoms with Crippen molar-refractivity contribution in [1.82, 2.24) is 4.98 Å². The summed E-state index contributed by atoms with van der Waals surface area (Å²) in [6, 6.07) is 18.4. The van der Waals surface area contributed by atoms with Crippen molar-refractivity contribution in [3.8, 4) is 17.0 Å². The van der Waals surface area contributed by atoms with Gasteiger partial charge in [-0.2, -0.15) is 0 Å². The Bertz CT molecular complexity index is 920. The summed E-state index contributed by atoms with van der Waals surface area (Å²) < 4.78 is 11.3. The number of nitrogens with zero attached hydrogens (tertiary/aromatic N) is 2. The molecule has 0 amide bonds. The van der Waals surface area contributed by atoms with Gasteiger partial charge in [0.15, 0.2) is 0 Å². The van der Waals surface area contributed by atoms with E-state index in [9.17, 15) is 5.11 Å². The largest absolute Gasteiger partial charge is 0.483 e. The van der Waals surface area contributed by atoms with Gasteiger partial charge in [0, 0.05) is 50.9 Å². The fraction of sp³-hybridized carbons (Fsp3) is 0.318. The molecule has 0 bridgehead atoms. The molecule has 1 N–H and O–H groups in total. The molecular formula is C22H25IN2O3S. The van der Waals surface area contributed by atoms with E-state index >= 15 is 0 Å². The van der Waals surface area contributed by atoms with Crippen molar-refractivity contribution in [1.29, 1.82) is 0 Å². The van der Waals surface area contributed by atoms with Crippen LogP contribution in [0.1, 0.15) is 13.8 Å². The fourth-order valence-corrected chi connectivity index (χ4v) is 3.86. The van der Waals surface area contributed by atoms with Crippen LogP contribution in [0.4, 0.5) is 5.69 Å². The van der Waals surface area contributed by atoms with E-state index in [2.05, 4.69) is 43.0 Å². The average Bonchev–Trinajstić information content (AvgIpc) is 2.77. The van der Waals surface area contributed by atoms with Gasteiger partial charge in [-0.05, 0) is 38.1 Å². The van der Waals surface area contributed by atoms with Crippen LogP contribution in [-0.2, 0) is 4.18 Å². The monoisotopic (exact) mass is 524 g/mol. The highest BCUT2D eigenvalue weighted by Crippen LogP contribution is 2.29. The van der Waals surface area contributed by atoms with Gasteiger partial charge in [0.1, 0.15) is 24.0 Å². The maximum Gasteiger partial charge on any atom is 0.146 e. The van der Waals surface area contributed by atoms with Crippen LogP contribution in [0.25, 0.3) is 22.2 Å². The van der Waals surface area contributed by atoms with Gasteiger partial charge < -0.3 is 18.9 Å². The van der Waals surface area contributed by atoms with E-state index in [-0.39, 0.29) is 6.61 Å². The number of benzene rings is 2. The van der Waals surface area contributed by atoms with Gasteiger partial charge in [-0.1, -0.05) is 30.3 Å². The van der Waals surface area contributed by atoms with Crippen molar-refractivity contribution < 1.29 is 14.0 Å². The Labute approximate surface area is 188 Å². The highest BCUT2D eigenvalue weighted by atomic mass is 127. The third-order valence-corrected chi connectivity index (χ3v) is 5.76. The number of aliphatic hydroxyl groups excluding tert-OH is 1. The first-order chi connectivity index (χ1) is 14.2. The molecule has 0 saturated heterocycles. The van der Waals surface area contributed by atoms with Crippen LogP contribution >= 0.6 is 30.4 Å². The second kappa shape index (κ2) is 11.0. The lowest BCUT2D eigenvalue weighted by molar-refractivity contribution is 0.0809. The molecule has 0 fully saturated rings. The molecule has 0 saturated carbocycles. The van der Waals surface area contributed by atoms with Crippen LogP contribution in [0.3, 0.4) is 0 Å². The molecule has 7 heteroatoms. The Hall–Kier alpha value is -1.55. The molecule has 1 unspecified atom stereocenters. The molecule has 3 rings (SSSR count). The van der Waals surface area contributed by atoms with Crippen molar-refractivity contribution in [2.45, 2.75) is 20.0 Å². The van der Waals surface area contributed by atoms with Crippen LogP contribution in [0, 0.1) is 0 Å². The molecule has 0 radical (unpaired) electrons. The minimum absolute atomic E-state index is 0.125. The Morgan fingerprint density at radius 2 is 1.83 bits per heavy atom. The molecule has 0 aliphatic rings. The summed E-state index contributed by atoms with van der Waals surface area (Å²) in [5.41, 5.74) is 3.93. The van der Waals surface area contributed by atoms with E-state index < -0.39 is 6.10 Å². The molecule has 1 heterocycles. The minimum atomic E-state index is -0.443. The summed E-state index contributed by atoms with van der Waals surface area (Å²) in [4.78, 5) is 7.17. The van der Waals surface area contributed by atoms with Gasteiger partial charge in [0.05, 0.1) is 21.5 Å². The Morgan fingerprint density at radius 1 is 1.07 bits per heavy atom. The predicted molar refractivity (Wildman–Crippen MR) is 130 cm³/mol. The molecule has 1 atom stereocenters. The molecule has 5 nitrogen and oxygen atoms in total. The number of aliphatic hydroxyl groups is 1. The highest BCUT2D eigenvalue weighted by Gasteiger charge is 2.14. The van der Waals surface area contributed by atoms with Crippen LogP contribution < -0.4 is 9.64 Å². The average molecular weight is 524 g/mol. The molecular weight excluding hydrogens is 499 g/mol. The number of ether oxygens (including phenoxy) is 1. The number of halogens is 1. The quantitative estimate of drug-likeness (QED) is 0.279. The summed E-state index contributed by atoms with van der Waals surface area (Å²) in [5.74, 6) is 0.644. The van der Waals surface area contributed by atoms with Gasteiger partial charge in [-0.15, -0.1) is 0 Å². The third-order valence-electron chi connectivity index (χ3n) is 4.77. The fourth-order valence-electron chi connectivity index (χ4n) is 3.21. The molecule has 2 aromatic carbocycles. The van der Waals surface area contributed by atoms with Crippen LogP contribution in [0.2, 0.25) is 0 Å². The lowest BCUT2D eigenvalue weighted by atomic mass is 10.1. The number of hydrogen-bond acceptors (Lipinski definition) is 6. The molecule has 3 aromatic rings. The maximum atomic E-state index is 9.59. The number of fused-ring (bicyclic) bond motifs is 1. The lowest BCUT2D eigenvalue weighted by Gasteiger charge is -2.21. The van der Waals surface area contributed by atoms with Crippen molar-refractivity contribution in [3.63, 3.8) is 0 Å². The Balaban J connectivity index is 1.90. The molecule has 154 valence electrons. The summed E-state index contributed by atoms with van der Waals surface area (Å²) in [6.45, 7) is 6.46. The van der Waals surface area contributed by atoms with Crippen LogP contribution in [-0.4, -0.2) is 42.5 Å². The van der Waals surface area contributed by atoms with E-state index in [4.69, 9.17) is 13.9 Å². The van der Waals surface area contributed by atoms with Crippen LogP contribution in [0.15, 0.2) is 54.6 Å². The van der Waals surface area contributed by atoms with Crippen molar-refractivity contribution >= 4 is 47.0 Å². The molecule has 1 aromatic heterocycles. The number of pyridine rings is 1. The zero-order valence-corrected chi connectivity index (χ0v) is 19.5. The van der Waals surface area contributed by atoms with E-state index in [0.717, 1.165) is 35.2 Å². The number of aromatic nitrogens is 1. The van der Waals surface area contributed by atoms with Crippen molar-refractivity contribution in [3.05, 3.63) is 54.6 Å². The zero-order chi connectivity index (χ0) is 20.6. The predicted octanol–water partition coefficient (Wildman–Crippen LogP) is 5.50. The third kappa shape index (κ3) is 5.53. The van der Waals surface area contributed by atoms with E-state index in [1.54, 1.807) is 0 Å². The first-order valence-corrected chi connectivity index (χ1v) is 12.9. The summed E-state index contributed by atoms with van der Waals surface area (Å²) in [7, 11) is 1.23. The number of para-hydroxylation sites is 1. The standard InChI is InChI=1S/C22H25IN2O3S/c1-3-25(4-2)18-11-8-16(9-12-18)20-13-10-17-6-5-7-21(22(17)24-20)28-19(14-26)15-27-29-23/h5-13,19,26H,3-4,14-15H2,1-2H3. The second-order valence-electron chi connectivity index (χ2n) is 6.51. The summed E-state index contributed by atoms with van der Waals surface area (Å²) in [5, 5.41) is 10.6. The summed E-state index contributed by atoms with van der Waals surface area (Å²) >= 11 is 2.05. The second-order valence-corrected chi connectivity index (χ2v) is 7.95. The molecule has 29 heavy (non-hydrogen) atoms. The first kappa shape index (κ1) is 22.1. The highest BCUT2D eigenvalue weighted by molar-refractivity contribution is 14.2. The van der Waals surface area contributed by atoms with Crippen LogP contribution in [0.5, 0.6) is 5.75 Å². The van der Waals surface area contributed by atoms with Gasteiger partial charge in [-0.25, -0.2) is 4.98 Å². The molecule has 0 aliphatic heterocycles. The Kier molecular flexibility index (Phi) is 8.40.